The van der Waals surface area contributed by atoms with Gasteiger partial charge in [-0.05, 0) is 0 Å². The monoisotopic (exact) mass is 582 g/mol. The van der Waals surface area contributed by atoms with E-state index in [-0.39, 0.29) is 0 Å². The Morgan fingerprint density at radius 1 is 0.786 bits per heavy atom. The summed E-state index contributed by atoms with van der Waals surface area (Å²) >= 11 is 7.95. The zero-order valence-corrected chi connectivity index (χ0v) is 15.7. The molecular formula is C10H7GeI3. The summed E-state index contributed by atoms with van der Waals surface area (Å²) in [6, 6.07) is 15.3. The van der Waals surface area contributed by atoms with Crippen LogP contribution in [0, 0.1) is 0 Å². The first kappa shape index (κ1) is 11.9. The minimum absolute atomic E-state index is 1.37. The average Bonchev–Trinajstić information content (AvgIpc) is 2.15. The molecule has 0 fully saturated rings. The molecule has 2 rings (SSSR count). The Morgan fingerprint density at radius 3 is 2.14 bits per heavy atom. The molecule has 0 aliphatic carbocycles. The summed E-state index contributed by atoms with van der Waals surface area (Å²) in [7, 11) is 0. The average molecular weight is 580 g/mol. The molecule has 0 nitrogen and oxygen atoms in total. The number of halogens is 3. The molecule has 0 saturated heterocycles. The molecule has 2 aromatic rings. The molecule has 0 aliphatic heterocycles. The second-order valence-corrected chi connectivity index (χ2v) is 63.6. The molecule has 72 valence electrons. The van der Waals surface area contributed by atoms with E-state index in [4.69, 9.17) is 0 Å². The van der Waals surface area contributed by atoms with E-state index in [0.717, 1.165) is 0 Å². The van der Waals surface area contributed by atoms with Gasteiger partial charge in [0.25, 0.3) is 0 Å². The number of benzene rings is 2. The molecule has 0 unspecified atom stereocenters. The third-order valence-electron chi connectivity index (χ3n) is 2.10. The van der Waals surface area contributed by atoms with E-state index in [0.29, 0.717) is 0 Å². The van der Waals surface area contributed by atoms with Crippen molar-refractivity contribution in [3.05, 3.63) is 42.5 Å². The fourth-order valence-corrected chi connectivity index (χ4v) is 10.5. The first-order chi connectivity index (χ1) is 6.59. The molecule has 0 amide bonds. The summed E-state index contributed by atoms with van der Waals surface area (Å²) in [4.78, 5) is 0. The van der Waals surface area contributed by atoms with E-state index in [1.165, 1.54) is 10.8 Å². The fourth-order valence-electron chi connectivity index (χ4n) is 1.47. The third-order valence-corrected chi connectivity index (χ3v) is 13.3. The number of hydrogen-bond donors (Lipinski definition) is 0. The van der Waals surface area contributed by atoms with E-state index in [2.05, 4.69) is 103 Å². The van der Waals surface area contributed by atoms with Gasteiger partial charge in [-0.3, -0.25) is 0 Å². The molecule has 0 spiro atoms. The van der Waals surface area contributed by atoms with Crippen molar-refractivity contribution in [2.24, 2.45) is 0 Å². The van der Waals surface area contributed by atoms with Crippen molar-refractivity contribution >= 4 is 79.2 Å². The maximum atomic E-state index is 2.65. The predicted octanol–water partition coefficient (Wildman–Crippen LogP) is 4.29. The van der Waals surface area contributed by atoms with Crippen LogP contribution in [0.25, 0.3) is 10.8 Å². The van der Waals surface area contributed by atoms with Crippen LogP contribution in [0.4, 0.5) is 0 Å². The van der Waals surface area contributed by atoms with Crippen LogP contribution in [0.15, 0.2) is 42.5 Å². The van der Waals surface area contributed by atoms with Gasteiger partial charge < -0.3 is 0 Å². The Morgan fingerprint density at radius 2 is 1.43 bits per heavy atom. The van der Waals surface area contributed by atoms with E-state index in [1.807, 2.05) is 0 Å². The van der Waals surface area contributed by atoms with Gasteiger partial charge in [-0.2, -0.15) is 0 Å². The number of hydrogen-bond acceptors (Lipinski definition) is 0. The summed E-state index contributed by atoms with van der Waals surface area (Å²) in [5, 5.41) is 2.80. The molecule has 14 heavy (non-hydrogen) atoms. The second-order valence-electron chi connectivity index (χ2n) is 3.02. The van der Waals surface area contributed by atoms with Gasteiger partial charge in [-0.15, -0.1) is 0 Å². The third kappa shape index (κ3) is 2.57. The molecule has 0 heterocycles. The molecule has 0 N–H and O–H groups in total. The van der Waals surface area contributed by atoms with Gasteiger partial charge in [0.15, 0.2) is 0 Å². The fraction of sp³-hybridized carbons (Fsp3) is 0. The van der Waals surface area contributed by atoms with Crippen molar-refractivity contribution in [2.75, 3.05) is 0 Å². The predicted molar refractivity (Wildman–Crippen MR) is 91.4 cm³/mol. The van der Waals surface area contributed by atoms with Gasteiger partial charge in [0, 0.05) is 0 Å². The van der Waals surface area contributed by atoms with Gasteiger partial charge in [0.2, 0.25) is 0 Å². The van der Waals surface area contributed by atoms with Crippen LogP contribution in [0.3, 0.4) is 0 Å². The van der Waals surface area contributed by atoms with Crippen molar-refractivity contribution < 1.29 is 0 Å². The zero-order chi connectivity index (χ0) is 10.2. The normalized spacial score (nSPS) is 11.9. The van der Waals surface area contributed by atoms with Gasteiger partial charge in [0.05, 0.1) is 0 Å². The van der Waals surface area contributed by atoms with Crippen molar-refractivity contribution in [1.29, 1.82) is 0 Å². The van der Waals surface area contributed by atoms with Crippen LogP contribution in [-0.4, -0.2) is 3.34 Å². The molecule has 0 bridgehead atoms. The van der Waals surface area contributed by atoms with Gasteiger partial charge in [-0.1, -0.05) is 0 Å². The van der Waals surface area contributed by atoms with Crippen LogP contribution < -0.4 is 4.40 Å². The van der Waals surface area contributed by atoms with Crippen molar-refractivity contribution in [3.8, 4) is 0 Å². The summed E-state index contributed by atoms with van der Waals surface area (Å²) in [6.45, 7) is 0. The van der Waals surface area contributed by atoms with Crippen LogP contribution >= 0.6 is 60.6 Å². The molecule has 2 aromatic carbocycles. The molecule has 0 saturated carbocycles. The SMILES string of the molecule is [I][Ge]([I])([I])[c]1cccc2ccccc12. The second kappa shape index (κ2) is 4.74. The van der Waals surface area contributed by atoms with Crippen molar-refractivity contribution in [2.45, 2.75) is 0 Å². The summed E-state index contributed by atoms with van der Waals surface area (Å²) in [5.74, 6) is 0. The molecule has 0 radical (unpaired) electrons. The molecule has 0 aliphatic rings. The van der Waals surface area contributed by atoms with E-state index in [9.17, 15) is 0 Å². The van der Waals surface area contributed by atoms with Gasteiger partial charge in [0.1, 0.15) is 0 Å². The summed E-state index contributed by atoms with van der Waals surface area (Å²) < 4.78 is -0.211. The minimum atomic E-state index is -1.79. The number of rotatable bonds is 1. The molecule has 0 atom stereocenters. The van der Waals surface area contributed by atoms with Crippen molar-refractivity contribution in [1.82, 2.24) is 0 Å². The molecule has 0 aromatic heterocycles. The van der Waals surface area contributed by atoms with Crippen LogP contribution in [0.5, 0.6) is 0 Å². The van der Waals surface area contributed by atoms with Gasteiger partial charge in [-0.25, -0.2) is 0 Å². The quantitative estimate of drug-likeness (QED) is 0.349. The Labute approximate surface area is 119 Å². The van der Waals surface area contributed by atoms with Crippen LogP contribution in [0.1, 0.15) is 0 Å². The van der Waals surface area contributed by atoms with E-state index >= 15 is 0 Å². The standard InChI is InChI=1S/C10H7GeI3/c12-11(13,14)10-7-3-5-8-4-1-2-6-9(8)10/h1-7H. The first-order valence-electron chi connectivity index (χ1n) is 4.14. The van der Waals surface area contributed by atoms with E-state index < -0.39 is 3.34 Å². The summed E-state index contributed by atoms with van der Waals surface area (Å²) in [5.41, 5.74) is 0. The summed E-state index contributed by atoms with van der Waals surface area (Å²) in [6.07, 6.45) is 0. The Kier molecular flexibility index (Phi) is 4.03. The Balaban J connectivity index is 2.78. The van der Waals surface area contributed by atoms with Crippen molar-refractivity contribution in [3.63, 3.8) is 0 Å². The van der Waals surface area contributed by atoms with Crippen LogP contribution in [-0.2, 0) is 0 Å². The first-order valence-corrected chi connectivity index (χ1v) is 24.4. The maximum absolute atomic E-state index is 2.65. The molecular weight excluding hydrogens is 573 g/mol. The molecule has 4 heteroatoms. The van der Waals surface area contributed by atoms with E-state index in [1.54, 1.807) is 4.40 Å². The Bertz CT molecular complexity index is 457. The number of fused-ring (bicyclic) bond motifs is 1. The van der Waals surface area contributed by atoms with Crippen LogP contribution in [0.2, 0.25) is 0 Å². The Hall–Kier alpha value is 1.43. The van der Waals surface area contributed by atoms with Gasteiger partial charge >= 0.3 is 122 Å². The zero-order valence-electron chi connectivity index (χ0n) is 7.18. The topological polar surface area (TPSA) is 0 Å².